The number of alkyl carbamates (subject to hydrolysis) is 1. The number of benzene rings is 3. The van der Waals surface area contributed by atoms with Crippen molar-refractivity contribution in [1.82, 2.24) is 15.5 Å². The normalized spacial score (nSPS) is 18.2. The molecule has 1 unspecified atom stereocenters. The van der Waals surface area contributed by atoms with Crippen LogP contribution in [0.3, 0.4) is 0 Å². The smallest absolute Gasteiger partial charge is 0.408 e. The van der Waals surface area contributed by atoms with Crippen molar-refractivity contribution in [2.45, 2.75) is 63.3 Å². The molecule has 5 rings (SSSR count). The average Bonchev–Trinajstić information content (AvgIpc) is 3.07. The number of ether oxygens (including phenoxy) is 2. The number of amides is 3. The van der Waals surface area contributed by atoms with Crippen LogP contribution < -0.4 is 10.6 Å². The largest absolute Gasteiger partial charge is 0.508 e. The van der Waals surface area contributed by atoms with E-state index in [9.17, 15) is 24.3 Å². The molecule has 2 aliphatic heterocycles. The van der Waals surface area contributed by atoms with Crippen molar-refractivity contribution >= 4 is 35.6 Å². The van der Waals surface area contributed by atoms with Gasteiger partial charge in [-0.05, 0) is 61.6 Å². The van der Waals surface area contributed by atoms with Gasteiger partial charge < -0.3 is 25.2 Å². The van der Waals surface area contributed by atoms with Gasteiger partial charge in [-0.15, -0.1) is 11.8 Å². The van der Waals surface area contributed by atoms with Crippen LogP contribution in [0, 0.1) is 0 Å². The van der Waals surface area contributed by atoms with Gasteiger partial charge >= 0.3 is 12.1 Å². The fourth-order valence-corrected chi connectivity index (χ4v) is 6.71. The molecule has 2 heterocycles. The second-order valence-electron chi connectivity index (χ2n) is 12.4. The number of β-lactam (4-membered cyclic amide) rings is 1. The van der Waals surface area contributed by atoms with E-state index in [0.717, 1.165) is 17.5 Å². The van der Waals surface area contributed by atoms with E-state index in [1.807, 2.05) is 79.7 Å². The predicted molar refractivity (Wildman–Crippen MR) is 183 cm³/mol. The van der Waals surface area contributed by atoms with Crippen molar-refractivity contribution < 1.29 is 33.8 Å². The number of carbonyl (C=O) groups is 4. The first-order chi connectivity index (χ1) is 23.0. The first-order valence-electron chi connectivity index (χ1n) is 15.7. The highest BCUT2D eigenvalue weighted by Gasteiger charge is 2.55. The summed E-state index contributed by atoms with van der Waals surface area (Å²) >= 11 is 1.42. The van der Waals surface area contributed by atoms with E-state index in [0.29, 0.717) is 16.9 Å². The fourth-order valence-electron chi connectivity index (χ4n) is 5.40. The van der Waals surface area contributed by atoms with Crippen LogP contribution >= 0.6 is 11.8 Å². The van der Waals surface area contributed by atoms with Crippen LogP contribution in [0.1, 0.15) is 63.0 Å². The number of allylic oxidation sites excluding steroid dienone is 2. The number of nitrogens with zero attached hydrogens (tertiary/aromatic N) is 1. The minimum absolute atomic E-state index is 0.0144. The second-order valence-corrected chi connectivity index (χ2v) is 13.5. The number of hydrogen-bond donors (Lipinski definition) is 3. The highest BCUT2D eigenvalue weighted by atomic mass is 32.2. The molecule has 48 heavy (non-hydrogen) atoms. The summed E-state index contributed by atoms with van der Waals surface area (Å²) in [5.41, 5.74) is 1.91. The SMILES string of the molecule is CC/C=C\C1=C(C(=O)OC(c2ccccc2)c2ccccc2)N2C(=O)[C@@H](NC(=O)C(NC(=O)OC(C)(C)C)c3ccc(O)cc3)[C@@H]2SC1. The number of hydrogen-bond acceptors (Lipinski definition) is 8. The molecule has 11 heteroatoms. The van der Waals surface area contributed by atoms with Crippen molar-refractivity contribution in [3.8, 4) is 5.75 Å². The Morgan fingerprint density at radius 2 is 1.56 bits per heavy atom. The van der Waals surface area contributed by atoms with Gasteiger partial charge in [0.25, 0.3) is 5.91 Å². The van der Waals surface area contributed by atoms with Crippen LogP contribution in [-0.2, 0) is 23.9 Å². The van der Waals surface area contributed by atoms with Crippen LogP contribution in [-0.4, -0.2) is 56.7 Å². The third-order valence-corrected chi connectivity index (χ3v) is 8.93. The van der Waals surface area contributed by atoms with Crippen LogP contribution in [0.2, 0.25) is 0 Å². The maximum absolute atomic E-state index is 14.1. The van der Waals surface area contributed by atoms with Crippen molar-refractivity contribution in [2.24, 2.45) is 0 Å². The van der Waals surface area contributed by atoms with Gasteiger partial charge in [-0.3, -0.25) is 14.5 Å². The molecule has 0 aromatic heterocycles. The van der Waals surface area contributed by atoms with Crippen LogP contribution in [0.4, 0.5) is 4.79 Å². The number of thioether (sulfide) groups is 1. The molecular weight excluding hydrogens is 630 g/mol. The van der Waals surface area contributed by atoms with Crippen LogP contribution in [0.25, 0.3) is 0 Å². The third kappa shape index (κ3) is 7.91. The van der Waals surface area contributed by atoms with Crippen molar-refractivity contribution in [2.75, 3.05) is 5.75 Å². The highest BCUT2D eigenvalue weighted by Crippen LogP contribution is 2.42. The van der Waals surface area contributed by atoms with Gasteiger partial charge in [0.1, 0.15) is 34.5 Å². The molecule has 0 aliphatic carbocycles. The zero-order chi connectivity index (χ0) is 34.4. The molecule has 3 aromatic rings. The third-order valence-electron chi connectivity index (χ3n) is 7.62. The number of nitrogens with one attached hydrogen (secondary N) is 2. The van der Waals surface area contributed by atoms with E-state index in [-0.39, 0.29) is 11.4 Å². The Morgan fingerprint density at radius 1 is 0.958 bits per heavy atom. The molecule has 1 fully saturated rings. The molecule has 10 nitrogen and oxygen atoms in total. The maximum Gasteiger partial charge on any atom is 0.408 e. The van der Waals surface area contributed by atoms with Crippen molar-refractivity contribution in [1.29, 1.82) is 0 Å². The Labute approximate surface area is 284 Å². The predicted octanol–water partition coefficient (Wildman–Crippen LogP) is 5.91. The number of esters is 1. The Bertz CT molecular complexity index is 1660. The summed E-state index contributed by atoms with van der Waals surface area (Å²) in [7, 11) is 0. The lowest BCUT2D eigenvalue weighted by Gasteiger charge is -2.49. The van der Waals surface area contributed by atoms with Crippen molar-refractivity contribution in [3.05, 3.63) is 125 Å². The van der Waals surface area contributed by atoms with E-state index in [2.05, 4.69) is 10.6 Å². The molecule has 0 bridgehead atoms. The summed E-state index contributed by atoms with van der Waals surface area (Å²) < 4.78 is 11.5. The summed E-state index contributed by atoms with van der Waals surface area (Å²) in [5, 5.41) is 14.6. The molecule has 3 atom stereocenters. The van der Waals surface area contributed by atoms with Gasteiger partial charge in [0.15, 0.2) is 6.10 Å². The Morgan fingerprint density at radius 3 is 2.12 bits per heavy atom. The number of phenolic OH excluding ortho intramolecular Hbond substituents is 1. The molecule has 0 saturated carbocycles. The minimum atomic E-state index is -1.23. The van der Waals surface area contributed by atoms with E-state index < -0.39 is 53.0 Å². The molecule has 0 radical (unpaired) electrons. The molecule has 0 spiro atoms. The number of aromatic hydroxyl groups is 1. The van der Waals surface area contributed by atoms with Gasteiger partial charge in [0.05, 0.1) is 0 Å². The lowest BCUT2D eigenvalue weighted by Crippen LogP contribution is -2.71. The lowest BCUT2D eigenvalue weighted by atomic mass is 9.99. The summed E-state index contributed by atoms with van der Waals surface area (Å²) in [4.78, 5) is 55.6. The summed E-state index contributed by atoms with van der Waals surface area (Å²) in [6, 6.07) is 22.4. The minimum Gasteiger partial charge on any atom is -0.508 e. The number of phenols is 1. The van der Waals surface area contributed by atoms with Crippen LogP contribution in [0.15, 0.2) is 108 Å². The number of rotatable bonds is 10. The molecule has 2 aliphatic rings. The van der Waals surface area contributed by atoms with E-state index >= 15 is 0 Å². The number of carbonyl (C=O) groups excluding carboxylic acids is 4. The van der Waals surface area contributed by atoms with Gasteiger partial charge in [0, 0.05) is 5.75 Å². The second kappa shape index (κ2) is 14.8. The average molecular weight is 670 g/mol. The van der Waals surface area contributed by atoms with Gasteiger partial charge in [0.2, 0.25) is 5.91 Å². The van der Waals surface area contributed by atoms with E-state index in [4.69, 9.17) is 9.47 Å². The Hall–Kier alpha value is -5.03. The molecule has 3 aromatic carbocycles. The molecule has 3 amide bonds. The first kappa shape index (κ1) is 34.3. The van der Waals surface area contributed by atoms with Crippen LogP contribution in [0.5, 0.6) is 5.75 Å². The highest BCUT2D eigenvalue weighted by molar-refractivity contribution is 8.00. The Kier molecular flexibility index (Phi) is 10.6. The first-order valence-corrected chi connectivity index (χ1v) is 16.8. The molecule has 1 saturated heterocycles. The van der Waals surface area contributed by atoms with Gasteiger partial charge in [-0.25, -0.2) is 9.59 Å². The van der Waals surface area contributed by atoms with Gasteiger partial charge in [-0.1, -0.05) is 91.9 Å². The molecule has 3 N–H and O–H groups in total. The van der Waals surface area contributed by atoms with E-state index in [1.54, 1.807) is 20.8 Å². The standard InChI is InChI=1S/C37H39N3O7S/c1-5-6-13-26-22-48-34-29(38-32(42)28(23-18-20-27(41)21-19-23)39-36(45)47-37(2,3)4)33(43)40(34)30(26)35(44)46-31(24-14-9-7-10-15-24)25-16-11-8-12-17-25/h6-21,28-29,31,34,41H,5,22H2,1-4H3,(H,38,42)(H,39,45)/b13-6-/t28?,29-,34+/m1/s1. The van der Waals surface area contributed by atoms with Gasteiger partial charge in [-0.2, -0.15) is 0 Å². The lowest BCUT2D eigenvalue weighted by molar-refractivity contribution is -0.154. The van der Waals surface area contributed by atoms with E-state index in [1.165, 1.54) is 40.9 Å². The zero-order valence-electron chi connectivity index (χ0n) is 27.2. The topological polar surface area (TPSA) is 134 Å². The molecular formula is C37H39N3O7S. The number of fused-ring (bicyclic) bond motifs is 1. The summed E-state index contributed by atoms with van der Waals surface area (Å²) in [6.07, 6.45) is 2.95. The quantitative estimate of drug-likeness (QED) is 0.179. The zero-order valence-corrected chi connectivity index (χ0v) is 28.0. The summed E-state index contributed by atoms with van der Waals surface area (Å²) in [5.74, 6) is -1.39. The van der Waals surface area contributed by atoms with Crippen molar-refractivity contribution in [3.63, 3.8) is 0 Å². The fraction of sp³-hybridized carbons (Fsp3) is 0.297. The Balaban J connectivity index is 1.39. The monoisotopic (exact) mass is 669 g/mol. The summed E-state index contributed by atoms with van der Waals surface area (Å²) in [6.45, 7) is 7.08. The maximum atomic E-state index is 14.1. The molecule has 250 valence electrons.